The van der Waals surface area contributed by atoms with Crippen molar-refractivity contribution < 1.29 is 18.1 Å². The van der Waals surface area contributed by atoms with Crippen LogP contribution in [0.15, 0.2) is 47.4 Å². The summed E-state index contributed by atoms with van der Waals surface area (Å²) in [6, 6.07) is 10.5. The van der Waals surface area contributed by atoms with Crippen LogP contribution in [0.2, 0.25) is 0 Å². The average Bonchev–Trinajstić information content (AvgIpc) is 2.53. The summed E-state index contributed by atoms with van der Waals surface area (Å²) >= 11 is 0. The summed E-state index contributed by atoms with van der Waals surface area (Å²) in [5.74, 6) is 0.704. The maximum atomic E-state index is 12.1. The standard InChI is InChI=1S/C16H18N2O5S/c1-12-3-8-16(13(2)11-12)23-10-9-17-24(21,22)15-6-4-14(5-7-15)18(19)20/h3-8,11,17H,9-10H2,1-2H3. The van der Waals surface area contributed by atoms with Crippen molar-refractivity contribution in [1.82, 2.24) is 4.72 Å². The highest BCUT2D eigenvalue weighted by Crippen LogP contribution is 2.18. The number of hydrogen-bond acceptors (Lipinski definition) is 5. The fourth-order valence-corrected chi connectivity index (χ4v) is 3.14. The van der Waals surface area contributed by atoms with Crippen LogP contribution in [0.4, 0.5) is 5.69 Å². The molecule has 24 heavy (non-hydrogen) atoms. The van der Waals surface area contributed by atoms with Crippen molar-refractivity contribution in [3.8, 4) is 5.75 Å². The number of rotatable bonds is 7. The second-order valence-corrected chi connectivity index (χ2v) is 7.03. The molecule has 2 rings (SSSR count). The summed E-state index contributed by atoms with van der Waals surface area (Å²) in [7, 11) is -3.73. The van der Waals surface area contributed by atoms with Crippen molar-refractivity contribution in [3.63, 3.8) is 0 Å². The van der Waals surface area contributed by atoms with Gasteiger partial charge in [-0.2, -0.15) is 0 Å². The Labute approximate surface area is 140 Å². The number of nitro benzene ring substituents is 1. The van der Waals surface area contributed by atoms with Crippen molar-refractivity contribution in [1.29, 1.82) is 0 Å². The van der Waals surface area contributed by atoms with Crippen LogP contribution < -0.4 is 9.46 Å². The number of nitro groups is 1. The van der Waals surface area contributed by atoms with Crippen LogP contribution in [0.1, 0.15) is 11.1 Å². The SMILES string of the molecule is Cc1ccc(OCCNS(=O)(=O)c2ccc([N+](=O)[O-])cc2)c(C)c1. The summed E-state index contributed by atoms with van der Waals surface area (Å²) in [5, 5.41) is 10.6. The molecular formula is C16H18N2O5S. The maximum absolute atomic E-state index is 12.1. The first-order valence-corrected chi connectivity index (χ1v) is 8.72. The molecule has 1 N–H and O–H groups in total. The van der Waals surface area contributed by atoms with E-state index in [2.05, 4.69) is 4.72 Å². The third kappa shape index (κ3) is 4.53. The Morgan fingerprint density at radius 3 is 2.38 bits per heavy atom. The minimum atomic E-state index is -3.73. The van der Waals surface area contributed by atoms with E-state index in [-0.39, 0.29) is 23.7 Å². The number of benzene rings is 2. The number of sulfonamides is 1. The van der Waals surface area contributed by atoms with Gasteiger partial charge in [0.2, 0.25) is 10.0 Å². The monoisotopic (exact) mass is 350 g/mol. The van der Waals surface area contributed by atoms with Crippen molar-refractivity contribution in [2.24, 2.45) is 0 Å². The lowest BCUT2D eigenvalue weighted by Crippen LogP contribution is -2.28. The van der Waals surface area contributed by atoms with Crippen LogP contribution in [0.5, 0.6) is 5.75 Å². The van der Waals surface area contributed by atoms with E-state index < -0.39 is 14.9 Å². The topological polar surface area (TPSA) is 98.5 Å². The Hall–Kier alpha value is -2.45. The van der Waals surface area contributed by atoms with E-state index in [9.17, 15) is 18.5 Å². The molecule has 0 heterocycles. The summed E-state index contributed by atoms with van der Waals surface area (Å²) in [6.07, 6.45) is 0. The lowest BCUT2D eigenvalue weighted by atomic mass is 10.1. The van der Waals surface area contributed by atoms with E-state index in [0.29, 0.717) is 5.75 Å². The summed E-state index contributed by atoms with van der Waals surface area (Å²) in [6.45, 7) is 4.17. The van der Waals surface area contributed by atoms with Gasteiger partial charge in [0.25, 0.3) is 5.69 Å². The molecule has 0 aliphatic heterocycles. The van der Waals surface area contributed by atoms with E-state index >= 15 is 0 Å². The predicted octanol–water partition coefficient (Wildman–Crippen LogP) is 2.57. The van der Waals surface area contributed by atoms with Gasteiger partial charge in [0.15, 0.2) is 0 Å². The molecule has 2 aromatic rings. The zero-order valence-electron chi connectivity index (χ0n) is 13.4. The molecule has 0 saturated carbocycles. The molecule has 0 saturated heterocycles. The van der Waals surface area contributed by atoms with E-state index in [4.69, 9.17) is 4.74 Å². The van der Waals surface area contributed by atoms with Gasteiger partial charge < -0.3 is 4.74 Å². The van der Waals surface area contributed by atoms with Gasteiger partial charge >= 0.3 is 0 Å². The Morgan fingerprint density at radius 1 is 1.12 bits per heavy atom. The Morgan fingerprint density at radius 2 is 1.79 bits per heavy atom. The lowest BCUT2D eigenvalue weighted by molar-refractivity contribution is -0.384. The minimum absolute atomic E-state index is 0.0281. The fourth-order valence-electron chi connectivity index (χ4n) is 2.13. The zero-order chi connectivity index (χ0) is 17.7. The third-order valence-electron chi connectivity index (χ3n) is 3.34. The summed E-state index contributed by atoms with van der Waals surface area (Å²) in [5.41, 5.74) is 1.94. The second-order valence-electron chi connectivity index (χ2n) is 5.27. The van der Waals surface area contributed by atoms with Crippen LogP contribution in [0.3, 0.4) is 0 Å². The molecule has 7 nitrogen and oxygen atoms in total. The van der Waals surface area contributed by atoms with E-state index in [0.717, 1.165) is 23.3 Å². The molecule has 0 atom stereocenters. The number of ether oxygens (including phenoxy) is 1. The van der Waals surface area contributed by atoms with Crippen molar-refractivity contribution >= 4 is 15.7 Å². The molecule has 0 aliphatic carbocycles. The number of nitrogens with one attached hydrogen (secondary N) is 1. The minimum Gasteiger partial charge on any atom is -0.492 e. The molecule has 0 fully saturated rings. The molecular weight excluding hydrogens is 332 g/mol. The van der Waals surface area contributed by atoms with Crippen molar-refractivity contribution in [3.05, 3.63) is 63.7 Å². The van der Waals surface area contributed by atoms with Gasteiger partial charge in [-0.05, 0) is 37.6 Å². The highest BCUT2D eigenvalue weighted by Gasteiger charge is 2.15. The van der Waals surface area contributed by atoms with Crippen molar-refractivity contribution in [2.45, 2.75) is 18.7 Å². The smallest absolute Gasteiger partial charge is 0.269 e. The molecule has 0 aliphatic rings. The summed E-state index contributed by atoms with van der Waals surface area (Å²) < 4.78 is 32.2. The molecule has 0 spiro atoms. The maximum Gasteiger partial charge on any atom is 0.269 e. The van der Waals surface area contributed by atoms with E-state index in [1.54, 1.807) is 0 Å². The molecule has 0 radical (unpaired) electrons. The van der Waals surface area contributed by atoms with Crippen molar-refractivity contribution in [2.75, 3.05) is 13.2 Å². The quantitative estimate of drug-likeness (QED) is 0.470. The second kappa shape index (κ2) is 7.41. The highest BCUT2D eigenvalue weighted by atomic mass is 32.2. The zero-order valence-corrected chi connectivity index (χ0v) is 14.2. The Bertz CT molecular complexity index is 832. The van der Waals surface area contributed by atoms with Gasteiger partial charge in [0.1, 0.15) is 12.4 Å². The van der Waals surface area contributed by atoms with Gasteiger partial charge in [0.05, 0.1) is 9.82 Å². The van der Waals surface area contributed by atoms with Crippen LogP contribution in [-0.4, -0.2) is 26.5 Å². The van der Waals surface area contributed by atoms with Gasteiger partial charge in [-0.25, -0.2) is 13.1 Å². The molecule has 0 bridgehead atoms. The van der Waals surface area contributed by atoms with Crippen LogP contribution in [0.25, 0.3) is 0 Å². The molecule has 0 unspecified atom stereocenters. The fraction of sp³-hybridized carbons (Fsp3) is 0.250. The Balaban J connectivity index is 1.91. The largest absolute Gasteiger partial charge is 0.492 e. The molecule has 0 amide bonds. The average molecular weight is 350 g/mol. The number of hydrogen-bond donors (Lipinski definition) is 1. The first kappa shape index (κ1) is 17.9. The Kier molecular flexibility index (Phi) is 5.53. The summed E-state index contributed by atoms with van der Waals surface area (Å²) in [4.78, 5) is 9.97. The van der Waals surface area contributed by atoms with E-state index in [1.807, 2.05) is 32.0 Å². The van der Waals surface area contributed by atoms with E-state index in [1.165, 1.54) is 12.1 Å². The number of nitrogens with zero attached hydrogens (tertiary/aromatic N) is 1. The van der Waals surface area contributed by atoms with Gasteiger partial charge in [-0.1, -0.05) is 17.7 Å². The van der Waals surface area contributed by atoms with Gasteiger partial charge in [-0.3, -0.25) is 10.1 Å². The lowest BCUT2D eigenvalue weighted by Gasteiger charge is -2.11. The third-order valence-corrected chi connectivity index (χ3v) is 4.82. The molecule has 2 aromatic carbocycles. The number of non-ortho nitro benzene ring substituents is 1. The van der Waals surface area contributed by atoms with Gasteiger partial charge in [0, 0.05) is 18.7 Å². The predicted molar refractivity (Wildman–Crippen MR) is 89.7 cm³/mol. The molecule has 0 aromatic heterocycles. The number of aryl methyl sites for hydroxylation is 2. The normalized spacial score (nSPS) is 11.2. The van der Waals surface area contributed by atoms with Crippen LogP contribution in [-0.2, 0) is 10.0 Å². The van der Waals surface area contributed by atoms with Crippen LogP contribution >= 0.6 is 0 Å². The molecule has 8 heteroatoms. The first-order chi connectivity index (χ1) is 11.3. The first-order valence-electron chi connectivity index (χ1n) is 7.24. The highest BCUT2D eigenvalue weighted by molar-refractivity contribution is 7.89. The molecule has 128 valence electrons. The van der Waals surface area contributed by atoms with Gasteiger partial charge in [-0.15, -0.1) is 0 Å². The van der Waals surface area contributed by atoms with Crippen LogP contribution in [0, 0.1) is 24.0 Å².